The zero-order chi connectivity index (χ0) is 9.94. The molecule has 13 heavy (non-hydrogen) atoms. The van der Waals surface area contributed by atoms with Crippen LogP contribution in [0.25, 0.3) is 0 Å². The van der Waals surface area contributed by atoms with Crippen LogP contribution in [0.4, 0.5) is 0 Å². The van der Waals surface area contributed by atoms with Crippen molar-refractivity contribution in [2.75, 3.05) is 33.5 Å². The van der Waals surface area contributed by atoms with Crippen LogP contribution >= 0.6 is 0 Å². The lowest BCUT2D eigenvalue weighted by Gasteiger charge is -2.08. The average molecular weight is 186 g/mol. The molecule has 0 fully saturated rings. The van der Waals surface area contributed by atoms with Gasteiger partial charge in [-0.2, -0.15) is 5.26 Å². The lowest BCUT2D eigenvalue weighted by Crippen LogP contribution is -2.29. The molecule has 0 radical (unpaired) electrons. The van der Waals surface area contributed by atoms with Gasteiger partial charge in [0.2, 0.25) is 0 Å². The fraction of sp³-hybridized carbons (Fsp3) is 0.889. The van der Waals surface area contributed by atoms with E-state index < -0.39 is 0 Å². The van der Waals surface area contributed by atoms with Crippen LogP contribution in [0.15, 0.2) is 0 Å². The Balaban J connectivity index is 3.11. The van der Waals surface area contributed by atoms with Crippen molar-refractivity contribution in [2.24, 2.45) is 0 Å². The van der Waals surface area contributed by atoms with Crippen molar-refractivity contribution in [3.63, 3.8) is 0 Å². The summed E-state index contributed by atoms with van der Waals surface area (Å²) in [6.07, 6.45) is 1.03. The van der Waals surface area contributed by atoms with Gasteiger partial charge in [0.25, 0.3) is 0 Å². The van der Waals surface area contributed by atoms with Crippen molar-refractivity contribution in [2.45, 2.75) is 19.4 Å². The summed E-state index contributed by atoms with van der Waals surface area (Å²) in [7, 11) is 1.74. The molecule has 0 saturated carbocycles. The third-order valence-corrected chi connectivity index (χ3v) is 1.51. The number of ether oxygens (including phenoxy) is 2. The van der Waals surface area contributed by atoms with Crippen molar-refractivity contribution in [3.8, 4) is 6.07 Å². The van der Waals surface area contributed by atoms with Gasteiger partial charge in [0.15, 0.2) is 0 Å². The van der Waals surface area contributed by atoms with Crippen LogP contribution in [-0.2, 0) is 9.47 Å². The van der Waals surface area contributed by atoms with E-state index in [1.165, 1.54) is 0 Å². The topological polar surface area (TPSA) is 54.3 Å². The number of hydrogen-bond donors (Lipinski definition) is 1. The maximum atomic E-state index is 8.54. The third kappa shape index (κ3) is 7.72. The molecule has 0 rings (SSSR count). The molecule has 4 nitrogen and oxygen atoms in total. The molecule has 1 N–H and O–H groups in total. The lowest BCUT2D eigenvalue weighted by atomic mass is 10.4. The Hall–Kier alpha value is -0.630. The maximum Gasteiger partial charge on any atom is 0.119 e. The van der Waals surface area contributed by atoms with E-state index >= 15 is 0 Å². The summed E-state index contributed by atoms with van der Waals surface area (Å²) in [6.45, 7) is 4.42. The first-order valence-electron chi connectivity index (χ1n) is 4.57. The summed E-state index contributed by atoms with van der Waals surface area (Å²) >= 11 is 0. The van der Waals surface area contributed by atoms with Crippen LogP contribution in [0.1, 0.15) is 13.3 Å². The highest BCUT2D eigenvalue weighted by molar-refractivity contribution is 4.88. The normalized spacial score (nSPS) is 12.4. The molecule has 0 aliphatic carbocycles. The number of hydrogen-bond acceptors (Lipinski definition) is 4. The summed E-state index contributed by atoms with van der Waals surface area (Å²) in [5.74, 6) is 0. The van der Waals surface area contributed by atoms with Crippen molar-refractivity contribution >= 4 is 0 Å². The van der Waals surface area contributed by atoms with E-state index in [2.05, 4.69) is 18.3 Å². The van der Waals surface area contributed by atoms with Crippen molar-refractivity contribution in [1.29, 1.82) is 5.26 Å². The van der Waals surface area contributed by atoms with Crippen molar-refractivity contribution in [3.05, 3.63) is 0 Å². The smallest absolute Gasteiger partial charge is 0.119 e. The Morgan fingerprint density at radius 1 is 1.31 bits per heavy atom. The molecule has 1 unspecified atom stereocenters. The van der Waals surface area contributed by atoms with Crippen molar-refractivity contribution in [1.82, 2.24) is 5.32 Å². The van der Waals surface area contributed by atoms with Crippen LogP contribution in [-0.4, -0.2) is 39.5 Å². The number of nitrogens with zero attached hydrogens (tertiary/aromatic N) is 1. The van der Waals surface area contributed by atoms with E-state index in [0.29, 0.717) is 19.8 Å². The van der Waals surface area contributed by atoms with Gasteiger partial charge in [0, 0.05) is 6.61 Å². The zero-order valence-electron chi connectivity index (χ0n) is 8.38. The molecule has 0 aromatic heterocycles. The quantitative estimate of drug-likeness (QED) is 0.562. The van der Waals surface area contributed by atoms with Crippen molar-refractivity contribution < 1.29 is 9.47 Å². The van der Waals surface area contributed by atoms with Crippen LogP contribution < -0.4 is 5.32 Å². The summed E-state index contributed by atoms with van der Waals surface area (Å²) in [4.78, 5) is 0. The Morgan fingerprint density at radius 2 is 2.00 bits per heavy atom. The molecule has 0 bridgehead atoms. The first-order valence-corrected chi connectivity index (χ1v) is 4.57. The standard InChI is InChI=1S/C9H18N2O2/c1-3-4-12-5-6-13-8-9(7-10)11-2/h9,11H,3-6,8H2,1-2H3. The van der Waals surface area contributed by atoms with Crippen LogP contribution in [0.2, 0.25) is 0 Å². The summed E-state index contributed by atoms with van der Waals surface area (Å²) in [6, 6.07) is 1.86. The minimum Gasteiger partial charge on any atom is -0.379 e. The molecule has 0 aliphatic rings. The molecule has 76 valence electrons. The molecule has 4 heteroatoms. The van der Waals surface area contributed by atoms with E-state index in [-0.39, 0.29) is 6.04 Å². The SMILES string of the molecule is CCCOCCOCC(C#N)NC. The zero-order valence-corrected chi connectivity index (χ0v) is 8.38. The minimum absolute atomic E-state index is 0.217. The Kier molecular flexibility index (Phi) is 9.00. The average Bonchev–Trinajstić information content (AvgIpc) is 2.17. The molecule has 0 aromatic rings. The maximum absolute atomic E-state index is 8.54. The second-order valence-electron chi connectivity index (χ2n) is 2.66. The van der Waals surface area contributed by atoms with E-state index in [9.17, 15) is 0 Å². The third-order valence-electron chi connectivity index (χ3n) is 1.51. The molecule has 0 aromatic carbocycles. The molecule has 0 heterocycles. The van der Waals surface area contributed by atoms with E-state index in [0.717, 1.165) is 13.0 Å². The van der Waals surface area contributed by atoms with Gasteiger partial charge >= 0.3 is 0 Å². The number of likely N-dealkylation sites (N-methyl/N-ethyl adjacent to an activating group) is 1. The van der Waals surface area contributed by atoms with Gasteiger partial charge in [0.1, 0.15) is 6.04 Å². The van der Waals surface area contributed by atoms with Crippen LogP contribution in [0.3, 0.4) is 0 Å². The number of rotatable bonds is 8. The largest absolute Gasteiger partial charge is 0.379 e. The van der Waals surface area contributed by atoms with Gasteiger partial charge in [0.05, 0.1) is 25.9 Å². The van der Waals surface area contributed by atoms with Gasteiger partial charge in [-0.05, 0) is 13.5 Å². The Bertz CT molecular complexity index is 145. The Morgan fingerprint density at radius 3 is 2.54 bits per heavy atom. The molecule has 1 atom stereocenters. The number of nitriles is 1. The summed E-state index contributed by atoms with van der Waals surface area (Å²) < 4.78 is 10.4. The molecule has 0 spiro atoms. The highest BCUT2D eigenvalue weighted by Gasteiger charge is 2.02. The van der Waals surface area contributed by atoms with Crippen LogP contribution in [0.5, 0.6) is 0 Å². The summed E-state index contributed by atoms with van der Waals surface area (Å²) in [5.41, 5.74) is 0. The highest BCUT2D eigenvalue weighted by atomic mass is 16.5. The fourth-order valence-corrected chi connectivity index (χ4v) is 0.751. The second kappa shape index (κ2) is 9.46. The van der Waals surface area contributed by atoms with Crippen LogP contribution in [0, 0.1) is 11.3 Å². The highest BCUT2D eigenvalue weighted by Crippen LogP contribution is 1.85. The van der Waals surface area contributed by atoms with E-state index in [1.807, 2.05) is 0 Å². The van der Waals surface area contributed by atoms with E-state index in [1.54, 1.807) is 7.05 Å². The Labute approximate surface area is 79.8 Å². The monoisotopic (exact) mass is 186 g/mol. The number of nitrogens with one attached hydrogen (secondary N) is 1. The van der Waals surface area contributed by atoms with Gasteiger partial charge in [-0.3, -0.25) is 0 Å². The molecule has 0 amide bonds. The lowest BCUT2D eigenvalue weighted by molar-refractivity contribution is 0.0447. The first kappa shape index (κ1) is 12.4. The predicted molar refractivity (Wildman–Crippen MR) is 50.4 cm³/mol. The van der Waals surface area contributed by atoms with Gasteiger partial charge < -0.3 is 14.8 Å². The first-order chi connectivity index (χ1) is 6.35. The molecular weight excluding hydrogens is 168 g/mol. The summed E-state index contributed by atoms with van der Waals surface area (Å²) in [5, 5.41) is 11.4. The molecule has 0 aliphatic heterocycles. The van der Waals surface area contributed by atoms with Gasteiger partial charge in [-0.1, -0.05) is 6.92 Å². The van der Waals surface area contributed by atoms with Gasteiger partial charge in [-0.25, -0.2) is 0 Å². The second-order valence-corrected chi connectivity index (χ2v) is 2.66. The van der Waals surface area contributed by atoms with E-state index in [4.69, 9.17) is 14.7 Å². The minimum atomic E-state index is -0.217. The predicted octanol–water partition coefficient (Wildman–Crippen LogP) is 0.541. The molecule has 0 saturated heterocycles. The fourth-order valence-electron chi connectivity index (χ4n) is 0.751. The van der Waals surface area contributed by atoms with Gasteiger partial charge in [-0.15, -0.1) is 0 Å². The molecular formula is C9H18N2O2.